The van der Waals surface area contributed by atoms with E-state index >= 15 is 0 Å². The third-order valence-electron chi connectivity index (χ3n) is 3.20. The van der Waals surface area contributed by atoms with Gasteiger partial charge in [-0.3, -0.25) is 0 Å². The van der Waals surface area contributed by atoms with Crippen molar-refractivity contribution in [1.29, 1.82) is 0 Å². The number of sulfone groups is 1. The van der Waals surface area contributed by atoms with Crippen LogP contribution in [-0.4, -0.2) is 26.4 Å². The first-order valence-electron chi connectivity index (χ1n) is 6.67. The zero-order valence-corrected chi connectivity index (χ0v) is 13.6. The second-order valence-corrected chi connectivity index (χ2v) is 7.47. The molecule has 6 heteroatoms. The van der Waals surface area contributed by atoms with Crippen LogP contribution < -0.4 is 4.74 Å². The van der Waals surface area contributed by atoms with Gasteiger partial charge in [-0.2, -0.15) is 0 Å². The van der Waals surface area contributed by atoms with Gasteiger partial charge in [-0.15, -0.1) is 0 Å². The summed E-state index contributed by atoms with van der Waals surface area (Å²) in [6.45, 7) is 0. The SMILES string of the molecule is COc1ccc(CS(=O)(=O)C[C@@H](O)c2ccccc2)cc1Cl. The summed E-state index contributed by atoms with van der Waals surface area (Å²) in [6, 6.07) is 13.6. The quantitative estimate of drug-likeness (QED) is 0.878. The molecule has 4 nitrogen and oxygen atoms in total. The Morgan fingerprint density at radius 3 is 2.45 bits per heavy atom. The molecule has 2 aromatic rings. The van der Waals surface area contributed by atoms with E-state index < -0.39 is 15.9 Å². The molecule has 0 unspecified atom stereocenters. The number of hydrogen-bond acceptors (Lipinski definition) is 4. The number of benzene rings is 2. The molecule has 0 saturated heterocycles. The average Bonchev–Trinajstić information content (AvgIpc) is 2.47. The van der Waals surface area contributed by atoms with Crippen LogP contribution in [-0.2, 0) is 15.6 Å². The maximum absolute atomic E-state index is 12.2. The van der Waals surface area contributed by atoms with Crippen molar-refractivity contribution in [2.45, 2.75) is 11.9 Å². The molecule has 0 bridgehead atoms. The minimum Gasteiger partial charge on any atom is -0.495 e. The van der Waals surface area contributed by atoms with Gasteiger partial charge >= 0.3 is 0 Å². The van der Waals surface area contributed by atoms with Gasteiger partial charge in [0.15, 0.2) is 9.84 Å². The van der Waals surface area contributed by atoms with Crippen molar-refractivity contribution in [3.63, 3.8) is 0 Å². The standard InChI is InChI=1S/C16H17ClO4S/c1-21-16-8-7-12(9-14(16)17)10-22(19,20)11-15(18)13-5-3-2-4-6-13/h2-9,15,18H,10-11H2,1H3/t15-/m1/s1. The molecule has 0 saturated carbocycles. The number of aliphatic hydroxyl groups is 1. The Bertz CT molecular complexity index is 729. The molecule has 0 spiro atoms. The van der Waals surface area contributed by atoms with Crippen molar-refractivity contribution in [3.05, 3.63) is 64.7 Å². The Morgan fingerprint density at radius 2 is 1.86 bits per heavy atom. The highest BCUT2D eigenvalue weighted by molar-refractivity contribution is 7.90. The molecule has 22 heavy (non-hydrogen) atoms. The highest BCUT2D eigenvalue weighted by Crippen LogP contribution is 2.26. The number of halogens is 1. The van der Waals surface area contributed by atoms with Gasteiger partial charge in [-0.1, -0.05) is 48.0 Å². The summed E-state index contributed by atoms with van der Waals surface area (Å²) < 4.78 is 29.5. The maximum Gasteiger partial charge on any atom is 0.157 e. The van der Waals surface area contributed by atoms with Crippen LogP contribution in [0.2, 0.25) is 5.02 Å². The van der Waals surface area contributed by atoms with Crippen molar-refractivity contribution in [2.75, 3.05) is 12.9 Å². The van der Waals surface area contributed by atoms with Gasteiger partial charge in [0.1, 0.15) is 5.75 Å². The van der Waals surface area contributed by atoms with Crippen LogP contribution in [0, 0.1) is 0 Å². The first-order valence-corrected chi connectivity index (χ1v) is 8.87. The lowest BCUT2D eigenvalue weighted by Crippen LogP contribution is -2.16. The van der Waals surface area contributed by atoms with Crippen LogP contribution in [0.5, 0.6) is 5.75 Å². The summed E-state index contributed by atoms with van der Waals surface area (Å²) in [6.07, 6.45) is -1.04. The number of rotatable bonds is 6. The first-order chi connectivity index (χ1) is 10.4. The molecule has 0 aliphatic rings. The minimum absolute atomic E-state index is 0.180. The Balaban J connectivity index is 2.09. The Kier molecular flexibility index (Phi) is 5.45. The topological polar surface area (TPSA) is 63.6 Å². The van der Waals surface area contributed by atoms with Crippen LogP contribution in [0.4, 0.5) is 0 Å². The maximum atomic E-state index is 12.2. The molecule has 1 atom stereocenters. The number of aliphatic hydroxyl groups excluding tert-OH is 1. The van der Waals surface area contributed by atoms with Gasteiger partial charge in [0.05, 0.1) is 29.7 Å². The largest absolute Gasteiger partial charge is 0.495 e. The lowest BCUT2D eigenvalue weighted by molar-refractivity contribution is 0.201. The highest BCUT2D eigenvalue weighted by Gasteiger charge is 2.19. The molecule has 0 radical (unpaired) electrons. The van der Waals surface area contributed by atoms with Gasteiger partial charge in [0.2, 0.25) is 0 Å². The summed E-state index contributed by atoms with van der Waals surface area (Å²) in [5.74, 6) is -0.0199. The molecule has 0 aliphatic carbocycles. The fourth-order valence-electron chi connectivity index (χ4n) is 2.12. The summed E-state index contributed by atoms with van der Waals surface area (Å²) >= 11 is 5.99. The van der Waals surface area contributed by atoms with E-state index in [1.165, 1.54) is 7.11 Å². The second kappa shape index (κ2) is 7.13. The van der Waals surface area contributed by atoms with Crippen molar-refractivity contribution >= 4 is 21.4 Å². The Hall–Kier alpha value is -1.56. The molecular formula is C16H17ClO4S. The van der Waals surface area contributed by atoms with Crippen LogP contribution in [0.15, 0.2) is 48.5 Å². The summed E-state index contributed by atoms with van der Waals surface area (Å²) in [7, 11) is -1.97. The minimum atomic E-state index is -3.47. The molecule has 118 valence electrons. The van der Waals surface area contributed by atoms with Gasteiger partial charge in [-0.05, 0) is 23.3 Å². The number of hydrogen-bond donors (Lipinski definition) is 1. The lowest BCUT2D eigenvalue weighted by Gasteiger charge is -2.12. The predicted molar refractivity (Wildman–Crippen MR) is 86.9 cm³/mol. The summed E-state index contributed by atoms with van der Waals surface area (Å²) in [5.41, 5.74) is 1.14. The first kappa shape index (κ1) is 16.8. The summed E-state index contributed by atoms with van der Waals surface area (Å²) in [4.78, 5) is 0. The van der Waals surface area contributed by atoms with Crippen LogP contribution in [0.25, 0.3) is 0 Å². The zero-order chi connectivity index (χ0) is 16.2. The predicted octanol–water partition coefficient (Wildman–Crippen LogP) is 3.00. The van der Waals surface area contributed by atoms with Gasteiger partial charge in [0.25, 0.3) is 0 Å². The second-order valence-electron chi connectivity index (χ2n) is 4.95. The van der Waals surface area contributed by atoms with Crippen molar-refractivity contribution in [1.82, 2.24) is 0 Å². The lowest BCUT2D eigenvalue weighted by atomic mass is 10.1. The van der Waals surface area contributed by atoms with Crippen molar-refractivity contribution in [2.24, 2.45) is 0 Å². The van der Waals surface area contributed by atoms with Crippen LogP contribution in [0.1, 0.15) is 17.2 Å². The third kappa shape index (κ3) is 4.47. The Morgan fingerprint density at radius 1 is 1.18 bits per heavy atom. The third-order valence-corrected chi connectivity index (χ3v) is 5.09. The average molecular weight is 341 g/mol. The molecule has 0 fully saturated rings. The van der Waals surface area contributed by atoms with Gasteiger partial charge < -0.3 is 9.84 Å². The van der Waals surface area contributed by atoms with Crippen LogP contribution >= 0.6 is 11.6 Å². The van der Waals surface area contributed by atoms with E-state index in [1.54, 1.807) is 42.5 Å². The van der Waals surface area contributed by atoms with Crippen molar-refractivity contribution < 1.29 is 18.3 Å². The number of methoxy groups -OCH3 is 1. The molecule has 0 aliphatic heterocycles. The molecular weight excluding hydrogens is 324 g/mol. The van der Waals surface area contributed by atoms with E-state index in [0.717, 1.165) is 0 Å². The molecule has 0 amide bonds. The molecule has 2 rings (SSSR count). The van der Waals surface area contributed by atoms with Gasteiger partial charge in [-0.25, -0.2) is 8.42 Å². The smallest absolute Gasteiger partial charge is 0.157 e. The van der Waals surface area contributed by atoms with Crippen LogP contribution in [0.3, 0.4) is 0 Å². The van der Waals surface area contributed by atoms with E-state index in [9.17, 15) is 13.5 Å². The van der Waals surface area contributed by atoms with Gasteiger partial charge in [0, 0.05) is 0 Å². The van der Waals surface area contributed by atoms with E-state index in [2.05, 4.69) is 0 Å². The van der Waals surface area contributed by atoms with Crippen molar-refractivity contribution in [3.8, 4) is 5.75 Å². The van der Waals surface area contributed by atoms with E-state index in [0.29, 0.717) is 21.9 Å². The van der Waals surface area contributed by atoms with E-state index in [1.807, 2.05) is 6.07 Å². The van der Waals surface area contributed by atoms with E-state index in [-0.39, 0.29) is 11.5 Å². The van der Waals surface area contributed by atoms with E-state index in [4.69, 9.17) is 16.3 Å². The molecule has 2 aromatic carbocycles. The fraction of sp³-hybridized carbons (Fsp3) is 0.250. The fourth-order valence-corrected chi connectivity index (χ4v) is 3.88. The highest BCUT2D eigenvalue weighted by atomic mass is 35.5. The summed E-state index contributed by atoms with van der Waals surface area (Å²) in [5, 5.41) is 10.4. The zero-order valence-electron chi connectivity index (χ0n) is 12.1. The number of ether oxygens (including phenoxy) is 1. The normalized spacial score (nSPS) is 12.9. The molecule has 1 N–H and O–H groups in total. The molecule has 0 aromatic heterocycles. The monoisotopic (exact) mass is 340 g/mol. The Labute approximate surface area is 135 Å². The molecule has 0 heterocycles.